The predicted octanol–water partition coefficient (Wildman–Crippen LogP) is 3.30. The van der Waals surface area contributed by atoms with Gasteiger partial charge in [0.1, 0.15) is 0 Å². The molecule has 1 aromatic heterocycles. The summed E-state index contributed by atoms with van der Waals surface area (Å²) in [6, 6.07) is 5.94. The molecule has 0 spiro atoms. The fourth-order valence-corrected chi connectivity index (χ4v) is 2.52. The fourth-order valence-electron chi connectivity index (χ4n) is 2.20. The summed E-state index contributed by atoms with van der Waals surface area (Å²) in [6.07, 6.45) is 4.17. The first kappa shape index (κ1) is 9.91. The van der Waals surface area contributed by atoms with Crippen molar-refractivity contribution in [1.82, 2.24) is 4.57 Å². The average Bonchev–Trinajstić information content (AvgIpc) is 3.07. The Balaban J connectivity index is 2.44. The lowest BCUT2D eigenvalue weighted by Gasteiger charge is -2.09. The van der Waals surface area contributed by atoms with Gasteiger partial charge in [-0.2, -0.15) is 0 Å². The van der Waals surface area contributed by atoms with Gasteiger partial charge < -0.3 is 4.57 Å². The van der Waals surface area contributed by atoms with E-state index >= 15 is 0 Å². The maximum Gasteiger partial charge on any atom is 0.258 e. The molecule has 2 aromatic rings. The molecule has 0 N–H and O–H groups in total. The molecule has 3 rings (SSSR count). The van der Waals surface area contributed by atoms with E-state index < -0.39 is 0 Å². The Bertz CT molecular complexity index is 626. The summed E-state index contributed by atoms with van der Waals surface area (Å²) < 4.78 is 1.86. The number of aryl methyl sites for hydroxylation is 1. The van der Waals surface area contributed by atoms with Crippen LogP contribution in [0.5, 0.6) is 0 Å². The van der Waals surface area contributed by atoms with Crippen LogP contribution in [0.25, 0.3) is 10.8 Å². The Morgan fingerprint density at radius 1 is 1.38 bits per heavy atom. The minimum atomic E-state index is 0.0885. The van der Waals surface area contributed by atoms with Crippen LogP contribution in [0.15, 0.2) is 29.2 Å². The van der Waals surface area contributed by atoms with Crippen molar-refractivity contribution >= 4 is 22.4 Å². The van der Waals surface area contributed by atoms with E-state index in [2.05, 4.69) is 0 Å². The van der Waals surface area contributed by atoms with Crippen LogP contribution < -0.4 is 5.56 Å². The highest BCUT2D eigenvalue weighted by atomic mass is 35.5. The molecular formula is C13H12ClNO. The summed E-state index contributed by atoms with van der Waals surface area (Å²) in [5, 5.41) is 2.29. The normalized spacial score (nSPS) is 15.6. The molecule has 0 atom stereocenters. The van der Waals surface area contributed by atoms with Gasteiger partial charge in [-0.3, -0.25) is 4.79 Å². The van der Waals surface area contributed by atoms with Crippen LogP contribution in [0, 0.1) is 6.92 Å². The van der Waals surface area contributed by atoms with Gasteiger partial charge >= 0.3 is 0 Å². The van der Waals surface area contributed by atoms with E-state index in [0.29, 0.717) is 11.1 Å². The van der Waals surface area contributed by atoms with E-state index in [9.17, 15) is 4.79 Å². The van der Waals surface area contributed by atoms with E-state index in [1.165, 1.54) is 0 Å². The van der Waals surface area contributed by atoms with Crippen LogP contribution in [0.2, 0.25) is 5.02 Å². The van der Waals surface area contributed by atoms with E-state index in [1.54, 1.807) is 0 Å². The van der Waals surface area contributed by atoms with Gasteiger partial charge in [0, 0.05) is 28.0 Å². The molecule has 1 aliphatic carbocycles. The Hall–Kier alpha value is -1.28. The Labute approximate surface area is 98.5 Å². The first-order chi connectivity index (χ1) is 7.68. The molecule has 2 nitrogen and oxygen atoms in total. The molecule has 0 amide bonds. The van der Waals surface area contributed by atoms with Gasteiger partial charge in [-0.1, -0.05) is 17.7 Å². The summed E-state index contributed by atoms with van der Waals surface area (Å²) in [5.74, 6) is 0. The van der Waals surface area contributed by atoms with Crippen LogP contribution in [0.4, 0.5) is 0 Å². The molecular weight excluding hydrogens is 222 g/mol. The lowest BCUT2D eigenvalue weighted by atomic mass is 10.1. The van der Waals surface area contributed by atoms with Crippen LogP contribution in [0.1, 0.15) is 24.4 Å². The minimum Gasteiger partial charge on any atom is -0.312 e. The van der Waals surface area contributed by atoms with E-state index in [-0.39, 0.29) is 5.56 Å². The van der Waals surface area contributed by atoms with Gasteiger partial charge in [0.05, 0.1) is 0 Å². The van der Waals surface area contributed by atoms with Crippen molar-refractivity contribution in [3.8, 4) is 0 Å². The highest BCUT2D eigenvalue weighted by Gasteiger charge is 2.25. The van der Waals surface area contributed by atoms with Crippen molar-refractivity contribution in [2.45, 2.75) is 25.8 Å². The molecule has 0 saturated heterocycles. The molecule has 0 bridgehead atoms. The quantitative estimate of drug-likeness (QED) is 0.741. The van der Waals surface area contributed by atoms with Crippen molar-refractivity contribution in [3.05, 3.63) is 45.3 Å². The van der Waals surface area contributed by atoms with Crippen molar-refractivity contribution in [3.63, 3.8) is 0 Å². The van der Waals surface area contributed by atoms with Gasteiger partial charge in [-0.25, -0.2) is 0 Å². The number of hydrogen-bond acceptors (Lipinski definition) is 1. The van der Waals surface area contributed by atoms with Crippen LogP contribution >= 0.6 is 11.6 Å². The number of rotatable bonds is 1. The molecule has 1 heterocycles. The summed E-state index contributed by atoms with van der Waals surface area (Å²) in [5.41, 5.74) is 1.16. The smallest absolute Gasteiger partial charge is 0.258 e. The third kappa shape index (κ3) is 1.37. The largest absolute Gasteiger partial charge is 0.312 e. The second-order valence-corrected chi connectivity index (χ2v) is 4.83. The molecule has 1 aromatic carbocycles. The van der Waals surface area contributed by atoms with Crippen molar-refractivity contribution in [2.75, 3.05) is 0 Å². The molecule has 3 heteroatoms. The van der Waals surface area contributed by atoms with Crippen molar-refractivity contribution in [2.24, 2.45) is 0 Å². The Kier molecular flexibility index (Phi) is 2.08. The number of aromatic nitrogens is 1. The molecule has 0 unspecified atom stereocenters. The van der Waals surface area contributed by atoms with E-state index in [4.69, 9.17) is 11.6 Å². The van der Waals surface area contributed by atoms with Gasteiger partial charge in [0.15, 0.2) is 0 Å². The summed E-state index contributed by atoms with van der Waals surface area (Å²) in [4.78, 5) is 12.2. The van der Waals surface area contributed by atoms with Crippen LogP contribution in [-0.2, 0) is 0 Å². The monoisotopic (exact) mass is 233 g/mol. The highest BCUT2D eigenvalue weighted by molar-refractivity contribution is 6.35. The number of hydrogen-bond donors (Lipinski definition) is 0. The zero-order valence-electron chi connectivity index (χ0n) is 9.03. The third-order valence-electron chi connectivity index (χ3n) is 3.15. The molecule has 16 heavy (non-hydrogen) atoms. The number of nitrogens with zero attached hydrogens (tertiary/aromatic N) is 1. The number of pyridine rings is 1. The lowest BCUT2D eigenvalue weighted by molar-refractivity contribution is 0.711. The average molecular weight is 234 g/mol. The Morgan fingerprint density at radius 2 is 2.12 bits per heavy atom. The summed E-state index contributed by atoms with van der Waals surface area (Å²) in [7, 11) is 0. The lowest BCUT2D eigenvalue weighted by Crippen LogP contribution is -2.19. The topological polar surface area (TPSA) is 22.0 Å². The molecule has 82 valence electrons. The molecule has 0 radical (unpaired) electrons. The van der Waals surface area contributed by atoms with Gasteiger partial charge in [0.25, 0.3) is 5.56 Å². The second kappa shape index (κ2) is 3.36. The van der Waals surface area contributed by atoms with Gasteiger partial charge in [-0.15, -0.1) is 0 Å². The van der Waals surface area contributed by atoms with Gasteiger partial charge in [-0.05, 0) is 37.5 Å². The van der Waals surface area contributed by atoms with Crippen LogP contribution in [-0.4, -0.2) is 4.57 Å². The first-order valence-corrected chi connectivity index (χ1v) is 5.86. The van der Waals surface area contributed by atoms with Crippen LogP contribution in [0.3, 0.4) is 0 Å². The second-order valence-electron chi connectivity index (χ2n) is 4.42. The van der Waals surface area contributed by atoms with Crippen molar-refractivity contribution < 1.29 is 0 Å². The van der Waals surface area contributed by atoms with Gasteiger partial charge in [0.2, 0.25) is 0 Å². The zero-order valence-corrected chi connectivity index (χ0v) is 9.79. The predicted molar refractivity (Wildman–Crippen MR) is 66.2 cm³/mol. The Morgan fingerprint density at radius 3 is 2.81 bits per heavy atom. The zero-order chi connectivity index (χ0) is 11.3. The molecule has 1 aliphatic rings. The molecule has 1 fully saturated rings. The number of halogens is 1. The highest BCUT2D eigenvalue weighted by Crippen LogP contribution is 2.35. The standard InChI is InChI=1S/C13H12ClNO/c1-8-7-15(9-5-6-9)13(16)10-3-2-4-11(14)12(8)10/h2-4,7,9H,5-6H2,1H3. The number of benzene rings is 1. The SMILES string of the molecule is Cc1cn(C2CC2)c(=O)c2cccc(Cl)c12. The summed E-state index contributed by atoms with van der Waals surface area (Å²) in [6.45, 7) is 2.01. The first-order valence-electron chi connectivity index (χ1n) is 5.48. The van der Waals surface area contributed by atoms with Crippen molar-refractivity contribution in [1.29, 1.82) is 0 Å². The molecule has 0 aliphatic heterocycles. The third-order valence-corrected chi connectivity index (χ3v) is 3.46. The summed E-state index contributed by atoms with van der Waals surface area (Å²) >= 11 is 6.13. The maximum atomic E-state index is 12.2. The van der Waals surface area contributed by atoms with E-state index in [1.807, 2.05) is 35.9 Å². The van der Waals surface area contributed by atoms with E-state index in [0.717, 1.165) is 29.2 Å². The number of fused-ring (bicyclic) bond motifs is 1. The fraction of sp³-hybridized carbons (Fsp3) is 0.308. The molecule has 1 saturated carbocycles. The minimum absolute atomic E-state index is 0.0885. The maximum absolute atomic E-state index is 12.2.